The molecule has 0 saturated heterocycles. The highest BCUT2D eigenvalue weighted by Crippen LogP contribution is 2.17. The van der Waals surface area contributed by atoms with Crippen LogP contribution in [0.1, 0.15) is 32.4 Å². The average molecular weight is 238 g/mol. The molecule has 0 saturated carbocycles. The fourth-order valence-electron chi connectivity index (χ4n) is 1.61. The molecule has 1 rings (SSSR count). The molecule has 0 aliphatic heterocycles. The highest BCUT2D eigenvalue weighted by atomic mass is 16.2. The van der Waals surface area contributed by atoms with Crippen LogP contribution in [0.15, 0.2) is 12.4 Å². The van der Waals surface area contributed by atoms with Gasteiger partial charge in [0.1, 0.15) is 0 Å². The zero-order chi connectivity index (χ0) is 13.1. The van der Waals surface area contributed by atoms with Crippen molar-refractivity contribution in [3.63, 3.8) is 0 Å². The van der Waals surface area contributed by atoms with Crippen LogP contribution in [0, 0.1) is 5.41 Å². The molecular formula is C12H22N4O. The number of hydrogen-bond donors (Lipinski definition) is 2. The summed E-state index contributed by atoms with van der Waals surface area (Å²) in [6.07, 6.45) is 3.81. The second-order valence-corrected chi connectivity index (χ2v) is 5.01. The summed E-state index contributed by atoms with van der Waals surface area (Å²) < 4.78 is 1.78. The number of amides is 1. The standard InChI is InChI=1S/C12H22N4O/c1-9(10-6-15-16(5)7-10)14-8-12(2,3)11(17)13-4/h6-7,9,14H,8H2,1-5H3,(H,13,17). The quantitative estimate of drug-likeness (QED) is 0.799. The third-order valence-corrected chi connectivity index (χ3v) is 2.92. The van der Waals surface area contributed by atoms with Crippen molar-refractivity contribution in [1.82, 2.24) is 20.4 Å². The van der Waals surface area contributed by atoms with Crippen molar-refractivity contribution in [2.24, 2.45) is 12.5 Å². The third kappa shape index (κ3) is 3.56. The van der Waals surface area contributed by atoms with E-state index in [-0.39, 0.29) is 11.9 Å². The van der Waals surface area contributed by atoms with Gasteiger partial charge in [0.15, 0.2) is 0 Å². The molecular weight excluding hydrogens is 216 g/mol. The molecule has 5 nitrogen and oxygen atoms in total. The van der Waals surface area contributed by atoms with Gasteiger partial charge in [0.05, 0.1) is 11.6 Å². The van der Waals surface area contributed by atoms with Crippen LogP contribution in [-0.4, -0.2) is 29.3 Å². The summed E-state index contributed by atoms with van der Waals surface area (Å²) in [6, 6.07) is 0.188. The number of nitrogens with one attached hydrogen (secondary N) is 2. The van der Waals surface area contributed by atoms with Gasteiger partial charge in [0.2, 0.25) is 5.91 Å². The molecule has 1 aromatic heterocycles. The predicted octanol–water partition coefficient (Wildman–Crippen LogP) is 0.843. The lowest BCUT2D eigenvalue weighted by atomic mass is 9.92. The van der Waals surface area contributed by atoms with Crippen molar-refractivity contribution in [1.29, 1.82) is 0 Å². The monoisotopic (exact) mass is 238 g/mol. The Hall–Kier alpha value is -1.36. The first-order valence-corrected chi connectivity index (χ1v) is 5.81. The Balaban J connectivity index is 2.53. The second-order valence-electron chi connectivity index (χ2n) is 5.01. The number of rotatable bonds is 5. The Morgan fingerprint density at radius 1 is 1.59 bits per heavy atom. The van der Waals surface area contributed by atoms with Crippen LogP contribution in [0.2, 0.25) is 0 Å². The van der Waals surface area contributed by atoms with Gasteiger partial charge in [-0.2, -0.15) is 5.10 Å². The SMILES string of the molecule is CNC(=O)C(C)(C)CNC(C)c1cnn(C)c1. The van der Waals surface area contributed by atoms with Crippen molar-refractivity contribution in [3.05, 3.63) is 18.0 Å². The summed E-state index contributed by atoms with van der Waals surface area (Å²) in [5.41, 5.74) is 0.714. The van der Waals surface area contributed by atoms with Crippen molar-refractivity contribution in [3.8, 4) is 0 Å². The van der Waals surface area contributed by atoms with Crippen LogP contribution in [0.3, 0.4) is 0 Å². The lowest BCUT2D eigenvalue weighted by Crippen LogP contribution is -2.42. The molecule has 0 bridgehead atoms. The first kappa shape index (κ1) is 13.7. The Morgan fingerprint density at radius 3 is 2.71 bits per heavy atom. The number of hydrogen-bond acceptors (Lipinski definition) is 3. The number of aryl methyl sites for hydroxylation is 1. The maximum Gasteiger partial charge on any atom is 0.226 e. The Bertz CT molecular complexity index is 384. The smallest absolute Gasteiger partial charge is 0.226 e. The molecule has 5 heteroatoms. The lowest BCUT2D eigenvalue weighted by Gasteiger charge is -2.25. The van der Waals surface area contributed by atoms with Gasteiger partial charge in [0.25, 0.3) is 0 Å². The van der Waals surface area contributed by atoms with E-state index >= 15 is 0 Å². The van der Waals surface area contributed by atoms with E-state index in [0.717, 1.165) is 5.56 Å². The zero-order valence-electron chi connectivity index (χ0n) is 11.2. The minimum Gasteiger partial charge on any atom is -0.359 e. The zero-order valence-corrected chi connectivity index (χ0v) is 11.2. The minimum atomic E-state index is -0.411. The number of nitrogens with zero attached hydrogens (tertiary/aromatic N) is 2. The summed E-state index contributed by atoms with van der Waals surface area (Å²) in [6.45, 7) is 6.54. The van der Waals surface area contributed by atoms with Crippen LogP contribution in [0.4, 0.5) is 0 Å². The molecule has 0 spiro atoms. The topological polar surface area (TPSA) is 59.0 Å². The molecule has 1 amide bonds. The van der Waals surface area contributed by atoms with Gasteiger partial charge in [0, 0.05) is 38.4 Å². The Kier molecular flexibility index (Phi) is 4.28. The normalized spacial score (nSPS) is 13.5. The maximum atomic E-state index is 11.6. The van der Waals surface area contributed by atoms with Crippen LogP contribution in [0.25, 0.3) is 0 Å². The molecule has 0 radical (unpaired) electrons. The number of carbonyl (C=O) groups is 1. The van der Waals surface area contributed by atoms with Gasteiger partial charge >= 0.3 is 0 Å². The highest BCUT2D eigenvalue weighted by Gasteiger charge is 2.26. The molecule has 1 heterocycles. The van der Waals surface area contributed by atoms with Crippen molar-refractivity contribution in [2.75, 3.05) is 13.6 Å². The summed E-state index contributed by atoms with van der Waals surface area (Å²) in [7, 11) is 3.55. The molecule has 0 fully saturated rings. The van der Waals surface area contributed by atoms with Gasteiger partial charge in [-0.05, 0) is 20.8 Å². The van der Waals surface area contributed by atoms with Gasteiger partial charge in [-0.25, -0.2) is 0 Å². The van der Waals surface area contributed by atoms with Crippen LogP contribution >= 0.6 is 0 Å². The molecule has 0 aliphatic carbocycles. The molecule has 96 valence electrons. The van der Waals surface area contributed by atoms with E-state index in [0.29, 0.717) is 6.54 Å². The summed E-state index contributed by atoms with van der Waals surface area (Å²) in [4.78, 5) is 11.6. The maximum absolute atomic E-state index is 11.6. The summed E-state index contributed by atoms with van der Waals surface area (Å²) in [5.74, 6) is 0.0448. The van der Waals surface area contributed by atoms with Crippen molar-refractivity contribution < 1.29 is 4.79 Å². The van der Waals surface area contributed by atoms with E-state index in [4.69, 9.17) is 0 Å². The third-order valence-electron chi connectivity index (χ3n) is 2.92. The van der Waals surface area contributed by atoms with Gasteiger partial charge in [-0.15, -0.1) is 0 Å². The predicted molar refractivity (Wildman–Crippen MR) is 67.5 cm³/mol. The molecule has 1 unspecified atom stereocenters. The van der Waals surface area contributed by atoms with Crippen molar-refractivity contribution >= 4 is 5.91 Å². The largest absolute Gasteiger partial charge is 0.359 e. The van der Waals surface area contributed by atoms with E-state index in [1.807, 2.05) is 33.3 Å². The van der Waals surface area contributed by atoms with Gasteiger partial charge in [-0.1, -0.05) is 0 Å². The van der Waals surface area contributed by atoms with E-state index in [1.165, 1.54) is 0 Å². The van der Waals surface area contributed by atoms with Gasteiger partial charge in [-0.3, -0.25) is 9.48 Å². The summed E-state index contributed by atoms with van der Waals surface area (Å²) in [5, 5.41) is 10.2. The first-order chi connectivity index (χ1) is 7.86. The van der Waals surface area contributed by atoms with E-state index in [2.05, 4.69) is 22.7 Å². The fraction of sp³-hybridized carbons (Fsp3) is 0.667. The molecule has 17 heavy (non-hydrogen) atoms. The number of aromatic nitrogens is 2. The molecule has 0 aliphatic rings. The lowest BCUT2D eigenvalue weighted by molar-refractivity contribution is -0.128. The van der Waals surface area contributed by atoms with Crippen LogP contribution < -0.4 is 10.6 Å². The van der Waals surface area contributed by atoms with Crippen molar-refractivity contribution in [2.45, 2.75) is 26.8 Å². The molecule has 1 atom stereocenters. The fourth-order valence-corrected chi connectivity index (χ4v) is 1.61. The summed E-state index contributed by atoms with van der Waals surface area (Å²) >= 11 is 0. The Labute approximate surface area is 103 Å². The minimum absolute atomic E-state index is 0.0448. The molecule has 0 aromatic carbocycles. The van der Waals surface area contributed by atoms with Crippen LogP contribution in [0.5, 0.6) is 0 Å². The van der Waals surface area contributed by atoms with E-state index < -0.39 is 5.41 Å². The van der Waals surface area contributed by atoms with Crippen LogP contribution in [-0.2, 0) is 11.8 Å². The average Bonchev–Trinajstić information content (AvgIpc) is 2.71. The molecule has 1 aromatic rings. The molecule has 2 N–H and O–H groups in total. The van der Waals surface area contributed by atoms with E-state index in [1.54, 1.807) is 11.7 Å². The Morgan fingerprint density at radius 2 is 2.24 bits per heavy atom. The highest BCUT2D eigenvalue weighted by molar-refractivity contribution is 5.81. The first-order valence-electron chi connectivity index (χ1n) is 5.81. The van der Waals surface area contributed by atoms with Gasteiger partial charge < -0.3 is 10.6 Å². The van der Waals surface area contributed by atoms with E-state index in [9.17, 15) is 4.79 Å². The number of carbonyl (C=O) groups excluding carboxylic acids is 1. The second kappa shape index (κ2) is 5.31.